The van der Waals surface area contributed by atoms with Crippen molar-refractivity contribution in [1.29, 1.82) is 0 Å². The number of aromatic nitrogens is 2. The van der Waals surface area contributed by atoms with Gasteiger partial charge in [-0.1, -0.05) is 12.1 Å². The van der Waals surface area contributed by atoms with Crippen molar-refractivity contribution in [1.82, 2.24) is 14.3 Å². The summed E-state index contributed by atoms with van der Waals surface area (Å²) in [6, 6.07) is 7.52. The van der Waals surface area contributed by atoms with Gasteiger partial charge in [-0.2, -0.15) is 0 Å². The maximum Gasteiger partial charge on any atom is 0.214 e. The van der Waals surface area contributed by atoms with Gasteiger partial charge in [0.15, 0.2) is 0 Å². The Labute approximate surface area is 135 Å². The van der Waals surface area contributed by atoms with E-state index in [4.69, 9.17) is 4.74 Å². The molecule has 8 heteroatoms. The van der Waals surface area contributed by atoms with Crippen molar-refractivity contribution in [3.63, 3.8) is 0 Å². The van der Waals surface area contributed by atoms with Gasteiger partial charge >= 0.3 is 0 Å². The molecule has 1 fully saturated rings. The molecule has 3 rings (SSSR count). The van der Waals surface area contributed by atoms with Crippen LogP contribution in [0.3, 0.4) is 0 Å². The van der Waals surface area contributed by atoms with Gasteiger partial charge in [-0.15, -0.1) is 0 Å². The van der Waals surface area contributed by atoms with Crippen molar-refractivity contribution in [3.8, 4) is 0 Å². The van der Waals surface area contributed by atoms with E-state index in [1.807, 2.05) is 24.3 Å². The van der Waals surface area contributed by atoms with E-state index in [1.54, 1.807) is 20.3 Å². The lowest BCUT2D eigenvalue weighted by Crippen LogP contribution is -2.37. The number of hydrogen-bond donors (Lipinski definition) is 1. The summed E-state index contributed by atoms with van der Waals surface area (Å²) in [5.41, 5.74) is 1.63. The van der Waals surface area contributed by atoms with E-state index in [-0.39, 0.29) is 17.7 Å². The SMILES string of the molecule is CN(C)S(=O)(=O)C[C@@H]1COC[C@@H]1Nc1cnc2ccccc2n1. The number of sulfonamides is 1. The van der Waals surface area contributed by atoms with Crippen molar-refractivity contribution < 1.29 is 13.2 Å². The fourth-order valence-corrected chi connectivity index (χ4v) is 3.73. The van der Waals surface area contributed by atoms with E-state index in [9.17, 15) is 8.42 Å². The predicted octanol–water partition coefficient (Wildman–Crippen LogP) is 0.948. The quantitative estimate of drug-likeness (QED) is 0.875. The molecule has 1 aliphatic heterocycles. The fourth-order valence-electron chi connectivity index (χ4n) is 2.56. The molecule has 0 bridgehead atoms. The maximum atomic E-state index is 12.1. The zero-order valence-corrected chi connectivity index (χ0v) is 14.0. The van der Waals surface area contributed by atoms with Crippen molar-refractivity contribution in [3.05, 3.63) is 30.5 Å². The van der Waals surface area contributed by atoms with Crippen LogP contribution in [0.4, 0.5) is 5.82 Å². The minimum atomic E-state index is -3.26. The topological polar surface area (TPSA) is 84.4 Å². The summed E-state index contributed by atoms with van der Waals surface area (Å²) < 4.78 is 30.9. The molecule has 1 aromatic carbocycles. The van der Waals surface area contributed by atoms with Gasteiger partial charge in [-0.3, -0.25) is 4.98 Å². The Hall–Kier alpha value is -1.77. The Kier molecular flexibility index (Phi) is 4.47. The molecule has 2 aromatic rings. The van der Waals surface area contributed by atoms with Gasteiger partial charge < -0.3 is 10.1 Å². The summed E-state index contributed by atoms with van der Waals surface area (Å²) in [4.78, 5) is 8.87. The molecule has 0 saturated carbocycles. The second-order valence-electron chi connectivity index (χ2n) is 5.85. The molecule has 2 heterocycles. The fraction of sp³-hybridized carbons (Fsp3) is 0.467. The van der Waals surface area contributed by atoms with E-state index in [2.05, 4.69) is 15.3 Å². The van der Waals surface area contributed by atoms with E-state index < -0.39 is 10.0 Å². The lowest BCUT2D eigenvalue weighted by molar-refractivity contribution is 0.187. The monoisotopic (exact) mass is 336 g/mol. The Morgan fingerprint density at radius 1 is 1.26 bits per heavy atom. The molecule has 7 nitrogen and oxygen atoms in total. The first-order valence-corrected chi connectivity index (χ1v) is 9.03. The minimum Gasteiger partial charge on any atom is -0.379 e. The highest BCUT2D eigenvalue weighted by Gasteiger charge is 2.33. The molecular weight excluding hydrogens is 316 g/mol. The Morgan fingerprint density at radius 2 is 2.00 bits per heavy atom. The predicted molar refractivity (Wildman–Crippen MR) is 88.7 cm³/mol. The van der Waals surface area contributed by atoms with Gasteiger partial charge in [0.1, 0.15) is 5.82 Å². The van der Waals surface area contributed by atoms with Crippen LogP contribution in [0, 0.1) is 5.92 Å². The van der Waals surface area contributed by atoms with E-state index in [0.717, 1.165) is 11.0 Å². The highest BCUT2D eigenvalue weighted by Crippen LogP contribution is 2.21. The molecule has 1 saturated heterocycles. The molecule has 0 aliphatic carbocycles. The Morgan fingerprint density at radius 3 is 2.74 bits per heavy atom. The van der Waals surface area contributed by atoms with Crippen LogP contribution in [0.15, 0.2) is 30.5 Å². The molecule has 0 spiro atoms. The standard InChI is InChI=1S/C15H20N4O3S/c1-19(2)23(20,21)10-11-8-22-9-14(11)18-15-7-16-12-5-3-4-6-13(12)17-15/h3-7,11,14H,8-10H2,1-2H3,(H,17,18)/t11-,14-/m0/s1. The van der Waals surface area contributed by atoms with E-state index in [1.165, 1.54) is 4.31 Å². The summed E-state index contributed by atoms with van der Waals surface area (Å²) in [6.45, 7) is 0.883. The smallest absolute Gasteiger partial charge is 0.214 e. The minimum absolute atomic E-state index is 0.0542. The van der Waals surface area contributed by atoms with Gasteiger partial charge in [-0.05, 0) is 12.1 Å². The molecule has 23 heavy (non-hydrogen) atoms. The van der Waals surface area contributed by atoms with E-state index >= 15 is 0 Å². The third-order valence-corrected chi connectivity index (χ3v) is 5.92. The van der Waals surface area contributed by atoms with Crippen molar-refractivity contribution in [2.75, 3.05) is 38.4 Å². The number of anilines is 1. The zero-order chi connectivity index (χ0) is 16.4. The number of ether oxygens (including phenoxy) is 1. The highest BCUT2D eigenvalue weighted by molar-refractivity contribution is 7.89. The average Bonchev–Trinajstić information content (AvgIpc) is 2.93. The number of nitrogens with zero attached hydrogens (tertiary/aromatic N) is 3. The maximum absolute atomic E-state index is 12.1. The van der Waals surface area contributed by atoms with Gasteiger partial charge in [-0.25, -0.2) is 17.7 Å². The summed E-state index contributed by atoms with van der Waals surface area (Å²) in [5.74, 6) is 0.570. The summed E-state index contributed by atoms with van der Waals surface area (Å²) in [7, 11) is -0.176. The van der Waals surface area contributed by atoms with Crippen LogP contribution in [0.5, 0.6) is 0 Å². The molecule has 2 atom stereocenters. The highest BCUT2D eigenvalue weighted by atomic mass is 32.2. The first kappa shape index (κ1) is 16.1. The third kappa shape index (κ3) is 3.60. The largest absolute Gasteiger partial charge is 0.379 e. The molecule has 0 unspecified atom stereocenters. The van der Waals surface area contributed by atoms with Crippen LogP contribution in [-0.4, -0.2) is 61.8 Å². The first-order chi connectivity index (χ1) is 11.0. The average molecular weight is 336 g/mol. The second kappa shape index (κ2) is 6.38. The normalized spacial score (nSPS) is 21.9. The third-order valence-electron chi connectivity index (χ3n) is 3.96. The lowest BCUT2D eigenvalue weighted by Gasteiger charge is -2.21. The molecule has 124 valence electrons. The van der Waals surface area contributed by atoms with Crippen LogP contribution in [0.25, 0.3) is 11.0 Å². The van der Waals surface area contributed by atoms with Gasteiger partial charge in [0.25, 0.3) is 0 Å². The van der Waals surface area contributed by atoms with Gasteiger partial charge in [0, 0.05) is 20.0 Å². The van der Waals surface area contributed by atoms with Crippen LogP contribution < -0.4 is 5.32 Å². The number of nitrogens with one attached hydrogen (secondary N) is 1. The van der Waals surface area contributed by atoms with Crippen molar-refractivity contribution >= 4 is 26.9 Å². The molecule has 1 aromatic heterocycles. The first-order valence-electron chi connectivity index (χ1n) is 7.42. The Balaban J connectivity index is 1.75. The number of rotatable bonds is 5. The summed E-state index contributed by atoms with van der Waals surface area (Å²) in [5, 5.41) is 3.26. The van der Waals surface area contributed by atoms with Crippen LogP contribution in [0.2, 0.25) is 0 Å². The Bertz CT molecular complexity index is 794. The van der Waals surface area contributed by atoms with E-state index in [0.29, 0.717) is 19.0 Å². The number of para-hydroxylation sites is 2. The van der Waals surface area contributed by atoms with Crippen molar-refractivity contribution in [2.45, 2.75) is 6.04 Å². The number of benzene rings is 1. The molecule has 1 N–H and O–H groups in total. The summed E-state index contributed by atoms with van der Waals surface area (Å²) in [6.07, 6.45) is 1.66. The lowest BCUT2D eigenvalue weighted by atomic mass is 10.1. The van der Waals surface area contributed by atoms with Gasteiger partial charge in [0.05, 0.1) is 42.2 Å². The molecular formula is C15H20N4O3S. The van der Waals surface area contributed by atoms with Gasteiger partial charge in [0.2, 0.25) is 10.0 Å². The zero-order valence-electron chi connectivity index (χ0n) is 13.1. The second-order valence-corrected chi connectivity index (χ2v) is 8.08. The molecule has 0 radical (unpaired) electrons. The number of fused-ring (bicyclic) bond motifs is 1. The molecule has 0 amide bonds. The van der Waals surface area contributed by atoms with Crippen LogP contribution >= 0.6 is 0 Å². The van der Waals surface area contributed by atoms with Crippen LogP contribution in [-0.2, 0) is 14.8 Å². The van der Waals surface area contributed by atoms with Crippen LogP contribution in [0.1, 0.15) is 0 Å². The van der Waals surface area contributed by atoms with Crippen molar-refractivity contribution in [2.24, 2.45) is 5.92 Å². The summed E-state index contributed by atoms with van der Waals surface area (Å²) >= 11 is 0. The number of hydrogen-bond acceptors (Lipinski definition) is 6. The molecule has 1 aliphatic rings.